The fourth-order valence-corrected chi connectivity index (χ4v) is 5.65. The maximum absolute atomic E-state index is 12.7. The number of ketones is 1. The van der Waals surface area contributed by atoms with Crippen LogP contribution in [0, 0.1) is 17.2 Å². The van der Waals surface area contributed by atoms with Crippen molar-refractivity contribution in [1.82, 2.24) is 0 Å². The molecule has 2 aliphatic rings. The van der Waals surface area contributed by atoms with Crippen LogP contribution < -0.4 is 0 Å². The Morgan fingerprint density at radius 3 is 2.50 bits per heavy atom. The Hall–Kier alpha value is -1.47. The number of carbonyl (C=O) groups excluding carboxylic acids is 1. The van der Waals surface area contributed by atoms with E-state index in [9.17, 15) is 9.00 Å². The van der Waals surface area contributed by atoms with Crippen molar-refractivity contribution in [2.75, 3.05) is 0 Å². The van der Waals surface area contributed by atoms with E-state index < -0.39 is 10.8 Å². The molecule has 20 heavy (non-hydrogen) atoms. The van der Waals surface area contributed by atoms with Crippen LogP contribution in [0.4, 0.5) is 0 Å². The Balaban J connectivity index is 1.85. The van der Waals surface area contributed by atoms with E-state index in [1.807, 2.05) is 0 Å². The van der Waals surface area contributed by atoms with Crippen LogP contribution in [-0.4, -0.2) is 20.5 Å². The molecule has 0 aliphatic carbocycles. The lowest BCUT2D eigenvalue weighted by molar-refractivity contribution is 0.0895. The molecule has 0 amide bonds. The maximum atomic E-state index is 12.7. The summed E-state index contributed by atoms with van der Waals surface area (Å²) in [7, 11) is -0.754. The summed E-state index contributed by atoms with van der Waals surface area (Å²) < 4.78 is 12.2. The third kappa shape index (κ3) is 2.31. The molecule has 2 aliphatic heterocycles. The minimum Gasteiger partial charge on any atom is -0.294 e. The second-order valence-corrected chi connectivity index (χ2v) is 7.68. The largest absolute Gasteiger partial charge is 0.294 e. The molecule has 2 bridgehead atoms. The lowest BCUT2D eigenvalue weighted by Crippen LogP contribution is -2.41. The molecule has 2 heterocycles. The molecule has 0 spiro atoms. The normalized spacial score (nSPS) is 32.4. The van der Waals surface area contributed by atoms with Crippen LogP contribution in [-0.2, 0) is 10.8 Å². The average molecular weight is 287 g/mol. The van der Waals surface area contributed by atoms with Gasteiger partial charge in [-0.2, -0.15) is 5.26 Å². The van der Waals surface area contributed by atoms with Gasteiger partial charge >= 0.3 is 0 Å². The van der Waals surface area contributed by atoms with Gasteiger partial charge in [0, 0.05) is 32.8 Å². The second kappa shape index (κ2) is 5.49. The van der Waals surface area contributed by atoms with Gasteiger partial charge in [0.15, 0.2) is 5.78 Å². The van der Waals surface area contributed by atoms with Gasteiger partial charge in [-0.25, -0.2) is 0 Å². The van der Waals surface area contributed by atoms with E-state index in [-0.39, 0.29) is 22.2 Å². The van der Waals surface area contributed by atoms with E-state index >= 15 is 0 Å². The lowest BCUT2D eigenvalue weighted by Gasteiger charge is -2.37. The van der Waals surface area contributed by atoms with Crippen LogP contribution in [0.1, 0.15) is 48.0 Å². The van der Waals surface area contributed by atoms with Crippen molar-refractivity contribution >= 4 is 16.6 Å². The van der Waals surface area contributed by atoms with Gasteiger partial charge in [-0.1, -0.05) is 24.6 Å². The van der Waals surface area contributed by atoms with Gasteiger partial charge in [0.05, 0.1) is 11.6 Å². The fraction of sp³-hybridized carbons (Fsp3) is 0.500. The Kier molecular flexibility index (Phi) is 3.71. The molecule has 1 aromatic rings. The second-order valence-electron chi connectivity index (χ2n) is 5.69. The van der Waals surface area contributed by atoms with Gasteiger partial charge in [0.25, 0.3) is 0 Å². The molecule has 3 rings (SSSR count). The number of nitrogens with zero attached hydrogens (tertiary/aromatic N) is 1. The number of Topliss-reactive ketones (excluding diaryl/α,β-unsaturated/α-hetero) is 1. The van der Waals surface area contributed by atoms with Gasteiger partial charge in [-0.05, 0) is 31.7 Å². The zero-order chi connectivity index (χ0) is 14.1. The van der Waals surface area contributed by atoms with E-state index in [1.54, 1.807) is 24.3 Å². The summed E-state index contributed by atoms with van der Waals surface area (Å²) in [6, 6.07) is 9.10. The predicted molar refractivity (Wildman–Crippen MR) is 77.8 cm³/mol. The molecule has 2 unspecified atom stereocenters. The van der Waals surface area contributed by atoms with Gasteiger partial charge in [0.2, 0.25) is 0 Å². The molecule has 2 saturated heterocycles. The number of rotatable bonds is 2. The number of carbonyl (C=O) groups is 1. The van der Waals surface area contributed by atoms with Gasteiger partial charge in [-0.15, -0.1) is 0 Å². The highest BCUT2D eigenvalue weighted by atomic mass is 32.2. The van der Waals surface area contributed by atoms with Crippen LogP contribution >= 0.6 is 0 Å². The topological polar surface area (TPSA) is 57.9 Å². The van der Waals surface area contributed by atoms with Crippen LogP contribution in [0.25, 0.3) is 0 Å². The molecule has 2 atom stereocenters. The number of hydrogen-bond donors (Lipinski definition) is 0. The monoisotopic (exact) mass is 287 g/mol. The molecule has 1 aromatic carbocycles. The number of benzene rings is 1. The lowest BCUT2D eigenvalue weighted by atomic mass is 9.83. The molecule has 0 radical (unpaired) electrons. The molecule has 3 nitrogen and oxygen atoms in total. The van der Waals surface area contributed by atoms with Gasteiger partial charge in [0.1, 0.15) is 0 Å². The van der Waals surface area contributed by atoms with E-state index in [1.165, 1.54) is 0 Å². The summed E-state index contributed by atoms with van der Waals surface area (Å²) in [4.78, 5) is 12.7. The van der Waals surface area contributed by atoms with Crippen LogP contribution in [0.3, 0.4) is 0 Å². The molecule has 0 saturated carbocycles. The van der Waals surface area contributed by atoms with Crippen molar-refractivity contribution in [3.8, 4) is 6.07 Å². The summed E-state index contributed by atoms with van der Waals surface area (Å²) in [5.74, 6) is 0.00764. The summed E-state index contributed by atoms with van der Waals surface area (Å²) >= 11 is 0. The number of fused-ring (bicyclic) bond motifs is 2. The summed E-state index contributed by atoms with van der Waals surface area (Å²) in [5, 5.41) is 9.49. The third-order valence-electron chi connectivity index (χ3n) is 4.49. The van der Waals surface area contributed by atoms with Gasteiger partial charge in [-0.3, -0.25) is 9.00 Å². The molecular formula is C16H17NO2S. The quantitative estimate of drug-likeness (QED) is 0.786. The Morgan fingerprint density at radius 1 is 1.20 bits per heavy atom. The first kappa shape index (κ1) is 13.5. The van der Waals surface area contributed by atoms with Gasteiger partial charge < -0.3 is 0 Å². The fourth-order valence-electron chi connectivity index (χ4n) is 3.46. The van der Waals surface area contributed by atoms with Crippen LogP contribution in [0.15, 0.2) is 24.3 Å². The van der Waals surface area contributed by atoms with E-state index in [2.05, 4.69) is 6.07 Å². The van der Waals surface area contributed by atoms with Crippen molar-refractivity contribution in [2.24, 2.45) is 5.92 Å². The Bertz CT molecular complexity index is 589. The number of nitriles is 1. The highest BCUT2D eigenvalue weighted by molar-refractivity contribution is 7.86. The van der Waals surface area contributed by atoms with Crippen LogP contribution in [0.2, 0.25) is 0 Å². The average Bonchev–Trinajstić information content (AvgIpc) is 2.46. The Labute approximate surface area is 121 Å². The van der Waals surface area contributed by atoms with Crippen molar-refractivity contribution < 1.29 is 9.00 Å². The summed E-state index contributed by atoms with van der Waals surface area (Å²) in [5.41, 5.74) is 0.986. The van der Waals surface area contributed by atoms with Crippen molar-refractivity contribution in [1.29, 1.82) is 5.26 Å². The SMILES string of the molecule is N#Cc1ccccc1C(=O)C1CC2CCCC(C1)S2=O. The van der Waals surface area contributed by atoms with E-state index in [0.29, 0.717) is 11.1 Å². The third-order valence-corrected chi connectivity index (χ3v) is 6.66. The standard InChI is InChI=1S/C16H17NO2S/c17-10-11-4-1-2-7-15(11)16(18)12-8-13-5-3-6-14(9-12)20(13)19/h1-2,4,7,12-14H,3,5-6,8-9H2. The van der Waals surface area contributed by atoms with E-state index in [0.717, 1.165) is 32.1 Å². The maximum Gasteiger partial charge on any atom is 0.167 e. The van der Waals surface area contributed by atoms with Crippen molar-refractivity contribution in [3.05, 3.63) is 35.4 Å². The highest BCUT2D eigenvalue weighted by Crippen LogP contribution is 2.38. The first-order valence-electron chi connectivity index (χ1n) is 7.13. The molecule has 2 fully saturated rings. The van der Waals surface area contributed by atoms with Crippen molar-refractivity contribution in [3.63, 3.8) is 0 Å². The molecule has 0 N–H and O–H groups in total. The summed E-state index contributed by atoms with van der Waals surface area (Å²) in [6.45, 7) is 0. The molecular weight excluding hydrogens is 270 g/mol. The zero-order valence-electron chi connectivity index (χ0n) is 11.2. The molecule has 4 heteroatoms. The summed E-state index contributed by atoms with van der Waals surface area (Å²) in [6.07, 6.45) is 4.54. The van der Waals surface area contributed by atoms with E-state index in [4.69, 9.17) is 5.26 Å². The number of hydrogen-bond acceptors (Lipinski definition) is 3. The Morgan fingerprint density at radius 2 is 1.85 bits per heavy atom. The van der Waals surface area contributed by atoms with Crippen molar-refractivity contribution in [2.45, 2.75) is 42.6 Å². The minimum absolute atomic E-state index is 0.0579. The predicted octanol–water partition coefficient (Wildman–Crippen LogP) is 2.82. The van der Waals surface area contributed by atoms with Crippen LogP contribution in [0.5, 0.6) is 0 Å². The molecule has 0 aromatic heterocycles. The first-order chi connectivity index (χ1) is 9.70. The minimum atomic E-state index is -0.754. The smallest absolute Gasteiger partial charge is 0.167 e. The molecule has 104 valence electrons. The highest BCUT2D eigenvalue weighted by Gasteiger charge is 2.40. The zero-order valence-corrected chi connectivity index (χ0v) is 12.1. The first-order valence-corrected chi connectivity index (χ1v) is 8.41.